The molecule has 0 unspecified atom stereocenters. The summed E-state index contributed by atoms with van der Waals surface area (Å²) in [5.41, 5.74) is 1.81. The molecule has 8 heteroatoms. The SMILES string of the molecule is COc1cc(OP(C)(=O)Oc2cc(OC)c(C(C)C)c(OC)c2)cc(OC)c1C(C)C. The summed E-state index contributed by atoms with van der Waals surface area (Å²) in [5, 5.41) is 0. The molecule has 0 aliphatic carbocycles. The number of benzene rings is 2. The van der Waals surface area contributed by atoms with Crippen molar-refractivity contribution in [3.63, 3.8) is 0 Å². The van der Waals surface area contributed by atoms with Gasteiger partial charge in [-0.25, -0.2) is 4.57 Å². The van der Waals surface area contributed by atoms with E-state index in [-0.39, 0.29) is 11.8 Å². The highest BCUT2D eigenvalue weighted by atomic mass is 31.2. The topological polar surface area (TPSA) is 72.5 Å². The van der Waals surface area contributed by atoms with Gasteiger partial charge in [-0.1, -0.05) is 27.7 Å². The fraction of sp³-hybridized carbons (Fsp3) is 0.478. The molecule has 2 rings (SSSR count). The van der Waals surface area contributed by atoms with Crippen molar-refractivity contribution in [1.29, 1.82) is 0 Å². The fourth-order valence-corrected chi connectivity index (χ4v) is 4.49. The van der Waals surface area contributed by atoms with Crippen LogP contribution in [0.15, 0.2) is 24.3 Å². The van der Waals surface area contributed by atoms with E-state index in [0.29, 0.717) is 34.5 Å². The maximum Gasteiger partial charge on any atom is 0.427 e. The van der Waals surface area contributed by atoms with E-state index in [4.69, 9.17) is 28.0 Å². The Morgan fingerprint density at radius 3 is 1.06 bits per heavy atom. The Hall–Kier alpha value is -2.53. The van der Waals surface area contributed by atoms with Crippen molar-refractivity contribution < 1.29 is 32.6 Å². The second-order valence-electron chi connectivity index (χ2n) is 7.75. The molecular formula is C23H33O7P. The highest BCUT2D eigenvalue weighted by Gasteiger charge is 2.25. The van der Waals surface area contributed by atoms with E-state index in [1.807, 2.05) is 27.7 Å². The molecule has 0 atom stereocenters. The molecule has 0 fully saturated rings. The maximum absolute atomic E-state index is 13.2. The number of methoxy groups -OCH3 is 4. The first-order valence-corrected chi connectivity index (χ1v) is 12.0. The Balaban J connectivity index is 2.39. The second kappa shape index (κ2) is 10.2. The van der Waals surface area contributed by atoms with E-state index < -0.39 is 7.60 Å². The Bertz CT molecular complexity index is 829. The van der Waals surface area contributed by atoms with Crippen LogP contribution in [0.5, 0.6) is 34.5 Å². The minimum absolute atomic E-state index is 0.169. The van der Waals surface area contributed by atoms with Gasteiger partial charge < -0.3 is 28.0 Å². The molecule has 0 spiro atoms. The summed E-state index contributed by atoms with van der Waals surface area (Å²) in [6, 6.07) is 6.72. The first-order chi connectivity index (χ1) is 14.6. The van der Waals surface area contributed by atoms with Gasteiger partial charge in [-0.05, 0) is 11.8 Å². The van der Waals surface area contributed by atoms with Crippen molar-refractivity contribution in [1.82, 2.24) is 0 Å². The van der Waals surface area contributed by atoms with Crippen LogP contribution in [0.25, 0.3) is 0 Å². The Morgan fingerprint density at radius 2 is 0.871 bits per heavy atom. The summed E-state index contributed by atoms with van der Waals surface area (Å²) in [7, 11) is 2.73. The van der Waals surface area contributed by atoms with Crippen LogP contribution in [-0.2, 0) is 4.57 Å². The zero-order valence-electron chi connectivity index (χ0n) is 19.8. The summed E-state index contributed by atoms with van der Waals surface area (Å²) in [6.07, 6.45) is 0. The largest absolute Gasteiger partial charge is 0.496 e. The summed E-state index contributed by atoms with van der Waals surface area (Å²) in [4.78, 5) is 0. The normalized spacial score (nSPS) is 11.5. The summed E-state index contributed by atoms with van der Waals surface area (Å²) < 4.78 is 46.6. The molecule has 0 N–H and O–H groups in total. The van der Waals surface area contributed by atoms with Crippen molar-refractivity contribution in [2.75, 3.05) is 35.1 Å². The van der Waals surface area contributed by atoms with Crippen LogP contribution in [0.1, 0.15) is 50.7 Å². The van der Waals surface area contributed by atoms with Crippen LogP contribution in [0.2, 0.25) is 0 Å². The lowest BCUT2D eigenvalue weighted by atomic mass is 10.0. The van der Waals surface area contributed by atoms with Crippen LogP contribution in [0.4, 0.5) is 0 Å². The van der Waals surface area contributed by atoms with Gasteiger partial charge in [0.25, 0.3) is 0 Å². The predicted molar refractivity (Wildman–Crippen MR) is 122 cm³/mol. The van der Waals surface area contributed by atoms with Crippen molar-refractivity contribution in [3.8, 4) is 34.5 Å². The second-order valence-corrected chi connectivity index (χ2v) is 9.65. The minimum atomic E-state index is -3.56. The van der Waals surface area contributed by atoms with Crippen LogP contribution in [0.3, 0.4) is 0 Å². The standard InChI is InChI=1S/C23H33O7P/c1-14(2)22-18(25-5)10-16(11-19(22)26-6)29-31(9,24)30-17-12-20(27-7)23(15(3)4)21(13-17)28-8/h10-15H,1-9H3. The molecule has 0 aliphatic heterocycles. The molecule has 2 aromatic carbocycles. The average molecular weight is 452 g/mol. The summed E-state index contributed by atoms with van der Waals surface area (Å²) in [6.45, 7) is 9.55. The van der Waals surface area contributed by atoms with Gasteiger partial charge in [0.15, 0.2) is 0 Å². The number of hydrogen-bond donors (Lipinski definition) is 0. The molecule has 7 nitrogen and oxygen atoms in total. The van der Waals surface area contributed by atoms with E-state index in [0.717, 1.165) is 11.1 Å². The molecule has 31 heavy (non-hydrogen) atoms. The molecule has 0 heterocycles. The quantitative estimate of drug-likeness (QED) is 0.395. The maximum atomic E-state index is 13.2. The highest BCUT2D eigenvalue weighted by molar-refractivity contribution is 7.53. The predicted octanol–water partition coefficient (Wildman–Crippen LogP) is 6.25. The van der Waals surface area contributed by atoms with Crippen LogP contribution < -0.4 is 28.0 Å². The smallest absolute Gasteiger partial charge is 0.427 e. The average Bonchev–Trinajstić information content (AvgIpc) is 2.70. The third-order valence-electron chi connectivity index (χ3n) is 4.73. The van der Waals surface area contributed by atoms with Crippen molar-refractivity contribution in [3.05, 3.63) is 35.4 Å². The van der Waals surface area contributed by atoms with Crippen molar-refractivity contribution in [2.24, 2.45) is 0 Å². The zero-order chi connectivity index (χ0) is 23.3. The molecule has 0 saturated carbocycles. The molecule has 0 radical (unpaired) electrons. The van der Waals surface area contributed by atoms with Crippen molar-refractivity contribution >= 4 is 7.60 Å². The Morgan fingerprint density at radius 1 is 0.613 bits per heavy atom. The van der Waals surface area contributed by atoms with Gasteiger partial charge in [-0.3, -0.25) is 0 Å². The lowest BCUT2D eigenvalue weighted by Gasteiger charge is -2.22. The van der Waals surface area contributed by atoms with E-state index in [2.05, 4.69) is 0 Å². The molecule has 172 valence electrons. The minimum Gasteiger partial charge on any atom is -0.496 e. The van der Waals surface area contributed by atoms with E-state index in [1.54, 1.807) is 52.7 Å². The molecule has 0 aliphatic rings. The Kier molecular flexibility index (Phi) is 8.13. The fourth-order valence-electron chi connectivity index (χ4n) is 3.47. The van der Waals surface area contributed by atoms with Crippen LogP contribution >= 0.6 is 7.60 Å². The first-order valence-electron chi connectivity index (χ1n) is 10.0. The highest BCUT2D eigenvalue weighted by Crippen LogP contribution is 2.50. The lowest BCUT2D eigenvalue weighted by Crippen LogP contribution is -2.04. The van der Waals surface area contributed by atoms with Gasteiger partial charge in [0.1, 0.15) is 34.5 Å². The number of hydrogen-bond acceptors (Lipinski definition) is 7. The first kappa shape index (κ1) is 24.7. The number of ether oxygens (including phenoxy) is 4. The van der Waals surface area contributed by atoms with Crippen LogP contribution in [0, 0.1) is 0 Å². The van der Waals surface area contributed by atoms with E-state index in [1.165, 1.54) is 6.66 Å². The molecular weight excluding hydrogens is 419 g/mol. The third kappa shape index (κ3) is 5.79. The lowest BCUT2D eigenvalue weighted by molar-refractivity contribution is 0.364. The van der Waals surface area contributed by atoms with Crippen molar-refractivity contribution in [2.45, 2.75) is 39.5 Å². The van der Waals surface area contributed by atoms with Crippen LogP contribution in [-0.4, -0.2) is 35.1 Å². The molecule has 0 aromatic heterocycles. The van der Waals surface area contributed by atoms with Gasteiger partial charge in [-0.2, -0.15) is 0 Å². The Labute approximate surface area is 185 Å². The summed E-state index contributed by atoms with van der Waals surface area (Å²) in [5.74, 6) is 3.35. The molecule has 0 saturated heterocycles. The summed E-state index contributed by atoms with van der Waals surface area (Å²) >= 11 is 0. The van der Waals surface area contributed by atoms with Gasteiger partial charge >= 0.3 is 7.60 Å². The molecule has 0 bridgehead atoms. The zero-order valence-corrected chi connectivity index (χ0v) is 20.7. The van der Waals surface area contributed by atoms with E-state index >= 15 is 0 Å². The monoisotopic (exact) mass is 452 g/mol. The number of rotatable bonds is 10. The van der Waals surface area contributed by atoms with E-state index in [9.17, 15) is 4.57 Å². The van der Waals surface area contributed by atoms with Gasteiger partial charge in [0.2, 0.25) is 0 Å². The van der Waals surface area contributed by atoms with Gasteiger partial charge in [-0.15, -0.1) is 0 Å². The van der Waals surface area contributed by atoms with Gasteiger partial charge in [0, 0.05) is 35.4 Å². The molecule has 2 aromatic rings. The molecule has 0 amide bonds. The third-order valence-corrected chi connectivity index (χ3v) is 5.82. The van der Waals surface area contributed by atoms with Gasteiger partial charge in [0.05, 0.1) is 35.1 Å².